The number of rotatable bonds is 9. The fraction of sp³-hybridized carbons (Fsp3) is 0.700. The second-order valence-corrected chi connectivity index (χ2v) is 4.97. The Morgan fingerprint density at radius 1 is 0.759 bits per heavy atom. The molecule has 0 radical (unpaired) electrons. The van der Waals surface area contributed by atoms with Crippen molar-refractivity contribution in [2.45, 2.75) is 67.2 Å². The van der Waals surface area contributed by atoms with E-state index in [0.717, 1.165) is 59.2 Å². The Morgan fingerprint density at radius 3 is 1.17 bits per heavy atom. The molecular weight excluding hydrogens is 378 g/mol. The second kappa shape index (κ2) is 50.3. The van der Waals surface area contributed by atoms with E-state index >= 15 is 0 Å². The molecule has 0 bridgehead atoms. The lowest BCUT2D eigenvalue weighted by Gasteiger charge is -2.00. The first-order valence-corrected chi connectivity index (χ1v) is 8.89. The Bertz CT molecular complexity index is 274. The monoisotopic (exact) mass is 426 g/mol. The molecule has 0 aliphatic rings. The molecule has 9 heteroatoms. The van der Waals surface area contributed by atoms with E-state index in [-0.39, 0.29) is 21.4 Å². The van der Waals surface area contributed by atoms with Gasteiger partial charge in [0, 0.05) is 11.9 Å². The number of nitrogens with two attached hydrogens (primary N) is 1. The summed E-state index contributed by atoms with van der Waals surface area (Å²) >= 11 is 0. The number of carbonyl (C=O) groups excluding carboxylic acids is 3. The van der Waals surface area contributed by atoms with Gasteiger partial charge in [0.05, 0.1) is 25.6 Å². The predicted molar refractivity (Wildman–Crippen MR) is 111 cm³/mol. The molecular formula is C20H48N3O6-3. The zero-order chi connectivity index (χ0) is 22.5. The zero-order valence-electron chi connectivity index (χ0n) is 17.1. The number of hydrogen-bond acceptors (Lipinski definition) is 6. The van der Waals surface area contributed by atoms with Crippen LogP contribution in [0.3, 0.4) is 0 Å². The van der Waals surface area contributed by atoms with Crippen LogP contribution in [0, 0.1) is 20.8 Å². The number of unbranched alkanes of at least 4 members (excludes halogenated alkanes) is 3. The van der Waals surface area contributed by atoms with E-state index in [0.29, 0.717) is 0 Å². The summed E-state index contributed by atoms with van der Waals surface area (Å²) < 4.78 is 0. The SMILES string of the molecule is C.C.CC(=O)[O-].CC(=O)[O-].[CH2-]CCC[NH2+]CC(=O)[O-].[CH2-]CCC[NH3+].[CH2-]CCC[NH3+]. The van der Waals surface area contributed by atoms with Crippen LogP contribution in [0.1, 0.15) is 67.2 Å². The maximum absolute atomic E-state index is 9.80. The van der Waals surface area contributed by atoms with Crippen molar-refractivity contribution in [2.24, 2.45) is 0 Å². The van der Waals surface area contributed by atoms with Gasteiger partial charge in [0.1, 0.15) is 6.54 Å². The molecule has 0 aromatic rings. The molecule has 0 rings (SSSR count). The van der Waals surface area contributed by atoms with E-state index in [9.17, 15) is 9.90 Å². The molecule has 0 aromatic heterocycles. The van der Waals surface area contributed by atoms with E-state index in [1.54, 1.807) is 5.32 Å². The fourth-order valence-corrected chi connectivity index (χ4v) is 0.862. The number of quaternary nitrogens is 3. The molecule has 0 saturated carbocycles. The Balaban J connectivity index is -0.0000000428. The first-order chi connectivity index (χ1) is 12.6. The Hall–Kier alpha value is -1.71. The summed E-state index contributed by atoms with van der Waals surface area (Å²) in [5, 5.41) is 29.3. The minimum Gasteiger partial charge on any atom is -0.550 e. The van der Waals surface area contributed by atoms with Crippen molar-refractivity contribution in [1.29, 1.82) is 0 Å². The molecule has 0 heterocycles. The van der Waals surface area contributed by atoms with Crippen LogP contribution < -0.4 is 32.1 Å². The Labute approximate surface area is 179 Å². The number of carbonyl (C=O) groups is 3. The van der Waals surface area contributed by atoms with Gasteiger partial charge in [0.15, 0.2) is 0 Å². The Kier molecular flexibility index (Phi) is 79.4. The second-order valence-electron chi connectivity index (χ2n) is 4.97. The van der Waals surface area contributed by atoms with Gasteiger partial charge in [-0.1, -0.05) is 14.9 Å². The molecule has 0 spiro atoms. The predicted octanol–water partition coefficient (Wildman–Crippen LogP) is -3.62. The Morgan fingerprint density at radius 2 is 1.03 bits per heavy atom. The van der Waals surface area contributed by atoms with E-state index in [1.807, 2.05) is 0 Å². The first kappa shape index (κ1) is 45.8. The molecule has 9 nitrogen and oxygen atoms in total. The lowest BCUT2D eigenvalue weighted by atomic mass is 10.3. The van der Waals surface area contributed by atoms with Gasteiger partial charge in [-0.05, 0) is 33.1 Å². The lowest BCUT2D eigenvalue weighted by molar-refractivity contribution is -0.650. The summed E-state index contributed by atoms with van der Waals surface area (Å²) in [6.45, 7) is 15.8. The van der Waals surface area contributed by atoms with Gasteiger partial charge in [0.25, 0.3) is 0 Å². The topological polar surface area (TPSA) is 192 Å². The molecule has 182 valence electrons. The normalized spacial score (nSPS) is 7.55. The van der Waals surface area contributed by atoms with E-state index in [4.69, 9.17) is 19.8 Å². The summed E-state index contributed by atoms with van der Waals surface area (Å²) in [5.41, 5.74) is 7.27. The van der Waals surface area contributed by atoms with Crippen LogP contribution in [0.4, 0.5) is 0 Å². The van der Waals surface area contributed by atoms with Crippen LogP contribution in [0.15, 0.2) is 0 Å². The third kappa shape index (κ3) is 226. The van der Waals surface area contributed by atoms with Crippen LogP contribution in [-0.4, -0.2) is 44.1 Å². The van der Waals surface area contributed by atoms with Crippen LogP contribution in [0.5, 0.6) is 0 Å². The van der Waals surface area contributed by atoms with Gasteiger partial charge in [0.2, 0.25) is 0 Å². The minimum absolute atomic E-state index is 0. The van der Waals surface area contributed by atoms with Crippen molar-refractivity contribution in [3.63, 3.8) is 0 Å². The highest BCUT2D eigenvalue weighted by Gasteiger charge is 1.86. The highest BCUT2D eigenvalue weighted by Crippen LogP contribution is 1.76. The van der Waals surface area contributed by atoms with Crippen LogP contribution in [0.25, 0.3) is 0 Å². The first-order valence-electron chi connectivity index (χ1n) is 8.89. The van der Waals surface area contributed by atoms with E-state index in [2.05, 4.69) is 32.2 Å². The molecule has 0 unspecified atom stereocenters. The summed E-state index contributed by atoms with van der Waals surface area (Å²) in [7, 11) is 0. The number of hydrogen-bond donors (Lipinski definition) is 3. The third-order valence-electron chi connectivity index (χ3n) is 1.97. The quantitative estimate of drug-likeness (QED) is 0.251. The van der Waals surface area contributed by atoms with E-state index in [1.165, 1.54) is 12.8 Å². The van der Waals surface area contributed by atoms with Crippen molar-refractivity contribution in [2.75, 3.05) is 26.2 Å². The maximum Gasteiger partial charge on any atom is 0.116 e. The number of aliphatic carboxylic acids is 3. The van der Waals surface area contributed by atoms with Crippen LogP contribution in [0.2, 0.25) is 0 Å². The molecule has 0 aliphatic carbocycles. The smallest absolute Gasteiger partial charge is 0.116 e. The van der Waals surface area contributed by atoms with Crippen LogP contribution in [-0.2, 0) is 14.4 Å². The van der Waals surface area contributed by atoms with Gasteiger partial charge in [-0.3, -0.25) is 0 Å². The molecule has 0 fully saturated rings. The average Bonchev–Trinajstić information content (AvgIpc) is 2.53. The number of carboxylic acid groups (broad SMARTS) is 3. The van der Waals surface area contributed by atoms with Gasteiger partial charge in [-0.25, -0.2) is 0 Å². The lowest BCUT2D eigenvalue weighted by Crippen LogP contribution is -2.87. The van der Waals surface area contributed by atoms with E-state index < -0.39 is 17.9 Å². The van der Waals surface area contributed by atoms with Gasteiger partial charge < -0.3 is 67.3 Å². The molecule has 29 heavy (non-hydrogen) atoms. The van der Waals surface area contributed by atoms with Gasteiger partial charge in [-0.2, -0.15) is 19.3 Å². The van der Waals surface area contributed by atoms with Crippen molar-refractivity contribution in [3.8, 4) is 0 Å². The van der Waals surface area contributed by atoms with Gasteiger partial charge >= 0.3 is 0 Å². The standard InChI is InChI=1S/C6H12NO2.2C4H10N.2C2H4O2.2CH4/c1-2-3-4-7-5-6(8)9;2*1-2-3-4-5;2*1-2(3)4;;/h7H,1-5H2,(H,8,9);2*1-5H2;2*1H3,(H,3,4);2*1H4/q3*-1;;;;. The largest absolute Gasteiger partial charge is 0.550 e. The fourth-order valence-electron chi connectivity index (χ4n) is 0.862. The minimum atomic E-state index is -1.08. The summed E-state index contributed by atoms with van der Waals surface area (Å²) in [5.74, 6) is -3.17. The van der Waals surface area contributed by atoms with Crippen LogP contribution >= 0.6 is 0 Å². The summed E-state index contributed by atoms with van der Waals surface area (Å²) in [4.78, 5) is 27.6. The van der Waals surface area contributed by atoms with Gasteiger partial charge in [-0.15, -0.1) is 0 Å². The average molecular weight is 427 g/mol. The highest BCUT2D eigenvalue weighted by molar-refractivity contribution is 5.64. The van der Waals surface area contributed by atoms with Crippen molar-refractivity contribution < 1.29 is 46.5 Å². The molecule has 0 aromatic carbocycles. The third-order valence-corrected chi connectivity index (χ3v) is 1.97. The highest BCUT2D eigenvalue weighted by atomic mass is 16.4. The molecule has 8 N–H and O–H groups in total. The summed E-state index contributed by atoms with van der Waals surface area (Å²) in [6, 6.07) is 0. The molecule has 0 saturated heterocycles. The van der Waals surface area contributed by atoms with Crippen molar-refractivity contribution in [3.05, 3.63) is 20.8 Å². The van der Waals surface area contributed by atoms with Crippen molar-refractivity contribution in [1.82, 2.24) is 0 Å². The zero-order valence-corrected chi connectivity index (χ0v) is 17.1. The number of carboxylic acids is 3. The molecule has 0 atom stereocenters. The maximum atomic E-state index is 9.80. The van der Waals surface area contributed by atoms with Crippen molar-refractivity contribution >= 4 is 17.9 Å². The molecule has 0 amide bonds. The summed E-state index contributed by atoms with van der Waals surface area (Å²) in [6.07, 6.45) is 6.23. The molecule has 0 aliphatic heterocycles.